The number of Topliss-reactive ketones (excluding diaryl/α,β-unsaturated/α-hetero) is 1. The fraction of sp³-hybridized carbons (Fsp3) is 0.308. The Hall–Kier alpha value is -3.74. The lowest BCUT2D eigenvalue weighted by Gasteiger charge is -2.32. The summed E-state index contributed by atoms with van der Waals surface area (Å²) >= 11 is 0. The van der Waals surface area contributed by atoms with Crippen LogP contribution in [0.5, 0.6) is 0 Å². The number of fused-ring (bicyclic) bond motifs is 1. The molecule has 7 heteroatoms. The number of carbonyl (C=O) groups excluding carboxylic acids is 2. The molecule has 1 aliphatic carbocycles. The van der Waals surface area contributed by atoms with E-state index in [0.29, 0.717) is 42.9 Å². The predicted octanol–water partition coefficient (Wildman–Crippen LogP) is 3.42. The van der Waals surface area contributed by atoms with Crippen LogP contribution in [0.4, 0.5) is 4.79 Å². The van der Waals surface area contributed by atoms with Crippen molar-refractivity contribution < 1.29 is 14.3 Å². The van der Waals surface area contributed by atoms with Crippen LogP contribution in [-0.4, -0.2) is 39.0 Å². The highest BCUT2D eigenvalue weighted by Crippen LogP contribution is 2.28. The Labute approximate surface area is 191 Å². The van der Waals surface area contributed by atoms with Crippen molar-refractivity contribution in [1.29, 1.82) is 0 Å². The van der Waals surface area contributed by atoms with Gasteiger partial charge in [-0.25, -0.2) is 9.78 Å². The van der Waals surface area contributed by atoms with Gasteiger partial charge in [0.15, 0.2) is 0 Å². The van der Waals surface area contributed by atoms with Crippen LogP contribution in [0.25, 0.3) is 0 Å². The lowest BCUT2D eigenvalue weighted by atomic mass is 9.94. The maximum atomic E-state index is 13.7. The van der Waals surface area contributed by atoms with Gasteiger partial charge in [-0.15, -0.1) is 0 Å². The molecule has 1 aromatic heterocycles. The summed E-state index contributed by atoms with van der Waals surface area (Å²) in [6, 6.07) is 19.6. The molecule has 0 radical (unpaired) electrons. The van der Waals surface area contributed by atoms with E-state index in [9.17, 15) is 14.4 Å². The minimum atomic E-state index is -0.451. The molecule has 0 spiro atoms. The van der Waals surface area contributed by atoms with Gasteiger partial charge in [0.05, 0.1) is 18.3 Å². The molecule has 0 unspecified atom stereocenters. The molecule has 33 heavy (non-hydrogen) atoms. The fourth-order valence-electron chi connectivity index (χ4n) is 4.59. The first-order valence-corrected chi connectivity index (χ1v) is 11.2. The number of ether oxygens (including phenoxy) is 1. The van der Waals surface area contributed by atoms with E-state index in [0.717, 1.165) is 11.1 Å². The molecule has 1 fully saturated rings. The topological polar surface area (TPSA) is 81.5 Å². The zero-order chi connectivity index (χ0) is 22.9. The van der Waals surface area contributed by atoms with Crippen LogP contribution in [0.3, 0.4) is 0 Å². The van der Waals surface area contributed by atoms with E-state index in [1.54, 1.807) is 9.47 Å². The zero-order valence-electron chi connectivity index (χ0n) is 18.4. The smallest absolute Gasteiger partial charge is 0.410 e. The third kappa shape index (κ3) is 4.06. The van der Waals surface area contributed by atoms with Crippen LogP contribution in [-0.2, 0) is 22.5 Å². The normalized spacial score (nSPS) is 15.8. The first-order valence-electron chi connectivity index (χ1n) is 11.2. The van der Waals surface area contributed by atoms with Gasteiger partial charge in [0.2, 0.25) is 0 Å². The van der Waals surface area contributed by atoms with E-state index in [4.69, 9.17) is 9.72 Å². The van der Waals surface area contributed by atoms with Gasteiger partial charge < -0.3 is 9.64 Å². The number of hydrogen-bond acceptors (Lipinski definition) is 5. The Morgan fingerprint density at radius 3 is 2.18 bits per heavy atom. The predicted molar refractivity (Wildman–Crippen MR) is 122 cm³/mol. The highest BCUT2D eigenvalue weighted by atomic mass is 16.6. The number of benzene rings is 2. The highest BCUT2D eigenvalue weighted by Gasteiger charge is 2.34. The van der Waals surface area contributed by atoms with Crippen molar-refractivity contribution in [2.24, 2.45) is 0 Å². The molecule has 5 rings (SSSR count). The SMILES string of the molecule is Cc1nc2c(c(=O)n1C(c1ccccc1)c1ccccc1)CCN(C(=O)OC1CC(=O)C1)C2. The molecule has 2 aliphatic rings. The summed E-state index contributed by atoms with van der Waals surface area (Å²) < 4.78 is 7.17. The molecule has 0 saturated heterocycles. The molecular weight excluding hydrogens is 418 g/mol. The minimum Gasteiger partial charge on any atom is -0.445 e. The van der Waals surface area contributed by atoms with E-state index in [2.05, 4.69) is 0 Å². The monoisotopic (exact) mass is 443 g/mol. The standard InChI is InChI=1S/C26H25N3O4/c1-17-27-23-16-28(26(32)33-21-14-20(30)15-21)13-12-22(23)25(31)29(17)24(18-8-4-2-5-9-18)19-10-6-3-7-11-19/h2-11,21,24H,12-16H2,1H3. The van der Waals surface area contributed by atoms with Crippen LogP contribution < -0.4 is 5.56 Å². The Morgan fingerprint density at radius 2 is 1.61 bits per heavy atom. The second-order valence-corrected chi connectivity index (χ2v) is 8.61. The molecule has 1 aliphatic heterocycles. The van der Waals surface area contributed by atoms with Gasteiger partial charge in [0, 0.05) is 24.9 Å². The highest BCUT2D eigenvalue weighted by molar-refractivity contribution is 5.86. The third-order valence-corrected chi connectivity index (χ3v) is 6.37. The Kier molecular flexibility index (Phi) is 5.54. The second-order valence-electron chi connectivity index (χ2n) is 8.61. The molecule has 0 N–H and O–H groups in total. The van der Waals surface area contributed by atoms with Crippen LogP contribution in [0, 0.1) is 6.92 Å². The van der Waals surface area contributed by atoms with Crippen LogP contribution >= 0.6 is 0 Å². The quantitative estimate of drug-likeness (QED) is 0.617. The van der Waals surface area contributed by atoms with E-state index >= 15 is 0 Å². The van der Waals surface area contributed by atoms with Crippen molar-refractivity contribution in [3.05, 3.63) is 99.2 Å². The molecule has 1 saturated carbocycles. The molecule has 2 heterocycles. The first-order chi connectivity index (χ1) is 16.0. The average molecular weight is 444 g/mol. The lowest BCUT2D eigenvalue weighted by molar-refractivity contribution is -0.131. The van der Waals surface area contributed by atoms with E-state index in [1.165, 1.54) is 0 Å². The molecule has 0 bridgehead atoms. The summed E-state index contributed by atoms with van der Waals surface area (Å²) in [6.07, 6.45) is 0.216. The van der Waals surface area contributed by atoms with Crippen molar-refractivity contribution >= 4 is 11.9 Å². The Bertz CT molecular complexity index is 1210. The molecule has 3 aromatic rings. The van der Waals surface area contributed by atoms with Crippen molar-refractivity contribution in [2.75, 3.05) is 6.54 Å². The van der Waals surface area contributed by atoms with Gasteiger partial charge in [0.1, 0.15) is 17.7 Å². The number of hydrogen-bond donors (Lipinski definition) is 0. The maximum Gasteiger partial charge on any atom is 0.410 e. The molecule has 2 aromatic carbocycles. The number of aryl methyl sites for hydroxylation is 1. The van der Waals surface area contributed by atoms with Crippen LogP contribution in [0.1, 0.15) is 47.1 Å². The average Bonchev–Trinajstić information content (AvgIpc) is 2.81. The Balaban J connectivity index is 1.49. The van der Waals surface area contributed by atoms with Gasteiger partial charge in [-0.1, -0.05) is 60.7 Å². The number of aromatic nitrogens is 2. The van der Waals surface area contributed by atoms with E-state index in [1.807, 2.05) is 67.6 Å². The number of nitrogens with zero attached hydrogens (tertiary/aromatic N) is 3. The van der Waals surface area contributed by atoms with E-state index in [-0.39, 0.29) is 30.0 Å². The number of ketones is 1. The first kappa shape index (κ1) is 21.1. The van der Waals surface area contributed by atoms with Gasteiger partial charge in [-0.05, 0) is 24.5 Å². The summed E-state index contributed by atoms with van der Waals surface area (Å²) in [5.74, 6) is 0.706. The minimum absolute atomic E-state index is 0.0761. The van der Waals surface area contributed by atoms with Gasteiger partial charge in [-0.3, -0.25) is 14.2 Å². The summed E-state index contributed by atoms with van der Waals surface area (Å²) in [5, 5.41) is 0. The zero-order valence-corrected chi connectivity index (χ0v) is 18.4. The fourth-order valence-corrected chi connectivity index (χ4v) is 4.59. The molecular formula is C26H25N3O4. The molecule has 1 amide bonds. The van der Waals surface area contributed by atoms with Crippen molar-refractivity contribution in [2.45, 2.75) is 44.9 Å². The molecule has 0 atom stereocenters. The Morgan fingerprint density at radius 1 is 1.00 bits per heavy atom. The van der Waals surface area contributed by atoms with Gasteiger partial charge in [-0.2, -0.15) is 0 Å². The van der Waals surface area contributed by atoms with Crippen LogP contribution in [0.2, 0.25) is 0 Å². The van der Waals surface area contributed by atoms with Crippen molar-refractivity contribution in [3.63, 3.8) is 0 Å². The number of carbonyl (C=O) groups is 2. The number of amides is 1. The number of rotatable bonds is 4. The van der Waals surface area contributed by atoms with E-state index < -0.39 is 6.09 Å². The maximum absolute atomic E-state index is 13.7. The molecule has 168 valence electrons. The summed E-state index contributed by atoms with van der Waals surface area (Å²) in [4.78, 5) is 43.7. The van der Waals surface area contributed by atoms with Gasteiger partial charge >= 0.3 is 6.09 Å². The van der Waals surface area contributed by atoms with Crippen molar-refractivity contribution in [1.82, 2.24) is 14.5 Å². The van der Waals surface area contributed by atoms with Gasteiger partial charge in [0.25, 0.3) is 5.56 Å². The largest absolute Gasteiger partial charge is 0.445 e. The van der Waals surface area contributed by atoms with Crippen LogP contribution in [0.15, 0.2) is 65.5 Å². The summed E-state index contributed by atoms with van der Waals surface area (Å²) in [6.45, 7) is 2.44. The summed E-state index contributed by atoms with van der Waals surface area (Å²) in [7, 11) is 0. The third-order valence-electron chi connectivity index (χ3n) is 6.37. The second kappa shape index (κ2) is 8.65. The molecule has 7 nitrogen and oxygen atoms in total. The lowest BCUT2D eigenvalue weighted by Crippen LogP contribution is -2.44. The van der Waals surface area contributed by atoms with Crippen molar-refractivity contribution in [3.8, 4) is 0 Å². The summed E-state index contributed by atoms with van der Waals surface area (Å²) in [5.41, 5.74) is 3.19.